The summed E-state index contributed by atoms with van der Waals surface area (Å²) in [7, 11) is 0. The molecule has 0 atom stereocenters. The molecule has 3 heterocycles. The molecule has 0 unspecified atom stereocenters. The predicted octanol–water partition coefficient (Wildman–Crippen LogP) is 3.79. The third-order valence-corrected chi connectivity index (χ3v) is 3.73. The molecule has 25 heavy (non-hydrogen) atoms. The summed E-state index contributed by atoms with van der Waals surface area (Å²) in [6.45, 7) is 0. The molecule has 0 spiro atoms. The Morgan fingerprint density at radius 2 is 1.96 bits per heavy atom. The molecule has 0 bridgehead atoms. The fraction of sp³-hybridized carbons (Fsp3) is 0. The van der Waals surface area contributed by atoms with Gasteiger partial charge in [-0.05, 0) is 42.5 Å². The number of fused-ring (bicyclic) bond motifs is 1. The van der Waals surface area contributed by atoms with Gasteiger partial charge in [-0.3, -0.25) is 9.78 Å². The van der Waals surface area contributed by atoms with Crippen molar-refractivity contribution in [3.8, 4) is 11.3 Å². The Kier molecular flexibility index (Phi) is 3.70. The predicted molar refractivity (Wildman–Crippen MR) is 92.8 cm³/mol. The second-order valence-electron chi connectivity index (χ2n) is 5.49. The number of nitrogens with one attached hydrogen (secondary N) is 1. The zero-order chi connectivity index (χ0) is 17.2. The van der Waals surface area contributed by atoms with Gasteiger partial charge in [0.15, 0.2) is 0 Å². The van der Waals surface area contributed by atoms with E-state index >= 15 is 0 Å². The standard InChI is InChI=1S/C19H13FN4O/c20-14-4-3-5-15(10-14)22-19(25)17-12-24-11-13(7-8-18(24)23-17)16-6-1-2-9-21-16/h1-12H,(H,22,25). The van der Waals surface area contributed by atoms with Crippen molar-refractivity contribution in [1.82, 2.24) is 14.4 Å². The number of hydrogen-bond donors (Lipinski definition) is 1. The van der Waals surface area contributed by atoms with E-state index in [1.807, 2.05) is 36.5 Å². The van der Waals surface area contributed by atoms with Gasteiger partial charge in [0.25, 0.3) is 5.91 Å². The number of halogens is 1. The Morgan fingerprint density at radius 3 is 2.76 bits per heavy atom. The van der Waals surface area contributed by atoms with Gasteiger partial charge in [0.1, 0.15) is 17.2 Å². The lowest BCUT2D eigenvalue weighted by Crippen LogP contribution is -2.12. The van der Waals surface area contributed by atoms with Gasteiger partial charge in [-0.2, -0.15) is 0 Å². The van der Waals surface area contributed by atoms with Gasteiger partial charge >= 0.3 is 0 Å². The number of rotatable bonds is 3. The van der Waals surface area contributed by atoms with Crippen molar-refractivity contribution in [1.29, 1.82) is 0 Å². The number of hydrogen-bond acceptors (Lipinski definition) is 3. The Hall–Kier alpha value is -3.54. The van der Waals surface area contributed by atoms with E-state index in [0.29, 0.717) is 11.3 Å². The molecule has 4 rings (SSSR count). The monoisotopic (exact) mass is 332 g/mol. The molecule has 3 aromatic heterocycles. The number of carbonyl (C=O) groups is 1. The first-order valence-corrected chi connectivity index (χ1v) is 7.66. The smallest absolute Gasteiger partial charge is 0.275 e. The van der Waals surface area contributed by atoms with Crippen LogP contribution in [0.15, 0.2) is 73.2 Å². The van der Waals surface area contributed by atoms with Crippen molar-refractivity contribution in [3.05, 3.63) is 84.7 Å². The third-order valence-electron chi connectivity index (χ3n) is 3.73. The van der Waals surface area contributed by atoms with Crippen molar-refractivity contribution in [2.75, 3.05) is 5.32 Å². The maximum Gasteiger partial charge on any atom is 0.275 e. The second kappa shape index (κ2) is 6.16. The van der Waals surface area contributed by atoms with Crippen molar-refractivity contribution < 1.29 is 9.18 Å². The normalized spacial score (nSPS) is 10.8. The van der Waals surface area contributed by atoms with Crippen molar-refractivity contribution >= 4 is 17.2 Å². The second-order valence-corrected chi connectivity index (χ2v) is 5.49. The number of aromatic nitrogens is 3. The number of pyridine rings is 2. The van der Waals surface area contributed by atoms with E-state index in [4.69, 9.17) is 0 Å². The van der Waals surface area contributed by atoms with Gasteiger partial charge in [0.05, 0.1) is 5.69 Å². The van der Waals surface area contributed by atoms with Crippen molar-refractivity contribution in [2.24, 2.45) is 0 Å². The molecule has 0 aliphatic carbocycles. The van der Waals surface area contributed by atoms with Crippen molar-refractivity contribution in [3.63, 3.8) is 0 Å². The number of anilines is 1. The van der Waals surface area contributed by atoms with Gasteiger partial charge in [-0.25, -0.2) is 9.37 Å². The molecular formula is C19H13FN4O. The van der Waals surface area contributed by atoms with E-state index in [1.54, 1.807) is 22.9 Å². The maximum atomic E-state index is 13.2. The molecule has 0 radical (unpaired) electrons. The third kappa shape index (κ3) is 3.10. The van der Waals surface area contributed by atoms with Gasteiger partial charge in [-0.15, -0.1) is 0 Å². The van der Waals surface area contributed by atoms with Gasteiger partial charge < -0.3 is 9.72 Å². The van der Waals surface area contributed by atoms with Crippen molar-refractivity contribution in [2.45, 2.75) is 0 Å². The minimum absolute atomic E-state index is 0.252. The number of imidazole rings is 1. The van der Waals surface area contributed by atoms with E-state index in [2.05, 4.69) is 15.3 Å². The Labute approximate surface area is 142 Å². The first kappa shape index (κ1) is 15.0. The van der Waals surface area contributed by atoms with Gasteiger partial charge in [0, 0.05) is 29.8 Å². The summed E-state index contributed by atoms with van der Waals surface area (Å²) in [4.78, 5) is 20.9. The molecule has 1 amide bonds. The lowest BCUT2D eigenvalue weighted by molar-refractivity contribution is 0.102. The van der Waals surface area contributed by atoms with Gasteiger partial charge in [0.2, 0.25) is 0 Å². The molecule has 0 aliphatic heterocycles. The molecule has 0 saturated carbocycles. The molecule has 0 fully saturated rings. The maximum absolute atomic E-state index is 13.2. The number of carbonyl (C=O) groups excluding carboxylic acids is 1. The molecule has 5 nitrogen and oxygen atoms in total. The summed E-state index contributed by atoms with van der Waals surface area (Å²) in [6, 6.07) is 15.1. The highest BCUT2D eigenvalue weighted by molar-refractivity contribution is 6.03. The molecule has 1 aromatic carbocycles. The van der Waals surface area contributed by atoms with E-state index in [1.165, 1.54) is 18.2 Å². The summed E-state index contributed by atoms with van der Waals surface area (Å²) in [5.74, 6) is -0.804. The molecule has 4 aromatic rings. The van der Waals surface area contributed by atoms with Crippen LogP contribution in [0.25, 0.3) is 16.9 Å². The van der Waals surface area contributed by atoms with Crippen LogP contribution in [0.3, 0.4) is 0 Å². The Bertz CT molecular complexity index is 1060. The Morgan fingerprint density at radius 1 is 1.04 bits per heavy atom. The topological polar surface area (TPSA) is 59.3 Å². The summed E-state index contributed by atoms with van der Waals surface area (Å²) in [6.07, 6.45) is 5.23. The summed E-state index contributed by atoms with van der Waals surface area (Å²) >= 11 is 0. The van der Waals surface area contributed by atoms with Crippen LogP contribution in [0, 0.1) is 5.82 Å². The van der Waals surface area contributed by atoms with Crippen LogP contribution in [-0.4, -0.2) is 20.3 Å². The molecule has 0 saturated heterocycles. The summed E-state index contributed by atoms with van der Waals surface area (Å²) < 4.78 is 15.0. The highest BCUT2D eigenvalue weighted by atomic mass is 19.1. The first-order valence-electron chi connectivity index (χ1n) is 7.66. The van der Waals surface area contributed by atoms with E-state index in [0.717, 1.165) is 11.3 Å². The molecule has 0 aliphatic rings. The molecule has 6 heteroatoms. The van der Waals surface area contributed by atoms with Crippen LogP contribution in [0.1, 0.15) is 10.5 Å². The Balaban J connectivity index is 1.63. The van der Waals surface area contributed by atoms with Crippen LogP contribution >= 0.6 is 0 Å². The highest BCUT2D eigenvalue weighted by Gasteiger charge is 2.12. The number of benzene rings is 1. The van der Waals surface area contributed by atoms with E-state index in [-0.39, 0.29) is 5.69 Å². The average Bonchev–Trinajstić information content (AvgIpc) is 3.06. The zero-order valence-corrected chi connectivity index (χ0v) is 13.1. The number of nitrogens with zero attached hydrogens (tertiary/aromatic N) is 3. The quantitative estimate of drug-likeness (QED) is 0.621. The van der Waals surface area contributed by atoms with E-state index < -0.39 is 11.7 Å². The molecular weight excluding hydrogens is 319 g/mol. The van der Waals surface area contributed by atoms with Crippen LogP contribution in [-0.2, 0) is 0 Å². The molecule has 122 valence electrons. The molecule has 1 N–H and O–H groups in total. The lowest BCUT2D eigenvalue weighted by Gasteiger charge is -2.02. The van der Waals surface area contributed by atoms with Gasteiger partial charge in [-0.1, -0.05) is 12.1 Å². The first-order chi connectivity index (χ1) is 12.2. The summed E-state index contributed by atoms with van der Waals surface area (Å²) in [5.41, 5.74) is 3.04. The fourth-order valence-corrected chi connectivity index (χ4v) is 2.55. The van der Waals surface area contributed by atoms with Crippen LogP contribution < -0.4 is 5.32 Å². The van der Waals surface area contributed by atoms with E-state index in [9.17, 15) is 9.18 Å². The van der Waals surface area contributed by atoms with Crippen LogP contribution in [0.5, 0.6) is 0 Å². The minimum Gasteiger partial charge on any atom is -0.321 e. The SMILES string of the molecule is O=C(Nc1cccc(F)c1)c1cn2cc(-c3ccccn3)ccc2n1. The highest BCUT2D eigenvalue weighted by Crippen LogP contribution is 2.18. The van der Waals surface area contributed by atoms with Crippen LogP contribution in [0.2, 0.25) is 0 Å². The largest absolute Gasteiger partial charge is 0.321 e. The average molecular weight is 332 g/mol. The fourth-order valence-electron chi connectivity index (χ4n) is 2.55. The minimum atomic E-state index is -0.409. The van der Waals surface area contributed by atoms with Crippen LogP contribution in [0.4, 0.5) is 10.1 Å². The number of amides is 1. The zero-order valence-electron chi connectivity index (χ0n) is 13.1. The lowest BCUT2D eigenvalue weighted by atomic mass is 10.2. The summed E-state index contributed by atoms with van der Waals surface area (Å²) in [5, 5.41) is 2.64.